The molecule has 0 N–H and O–H groups in total. The molecule has 0 amide bonds. The van der Waals surface area contributed by atoms with Crippen LogP contribution >= 0.6 is 65.4 Å². The molecule has 66 valence electrons. The minimum atomic E-state index is -0.930. The maximum atomic E-state index is 2.62. The summed E-state index contributed by atoms with van der Waals surface area (Å²) in [7, 11) is 0. The number of hydrogen-bond donors (Lipinski definition) is 0. The van der Waals surface area contributed by atoms with E-state index in [9.17, 15) is 0 Å². The summed E-state index contributed by atoms with van der Waals surface area (Å²) in [5, 5.41) is 0. The minimum absolute atomic E-state index is 0.930. The van der Waals surface area contributed by atoms with Crippen molar-refractivity contribution in [1.29, 1.82) is 0 Å². The molecule has 1 aromatic rings. The maximum absolute atomic E-state index is 2.62. The Morgan fingerprint density at radius 3 is 2.08 bits per heavy atom. The second-order valence-electron chi connectivity index (χ2n) is 2.60. The molecule has 0 aliphatic carbocycles. The van der Waals surface area contributed by atoms with Crippen LogP contribution in [0.4, 0.5) is 0 Å². The van der Waals surface area contributed by atoms with Crippen LogP contribution in [0.5, 0.6) is 0 Å². The van der Waals surface area contributed by atoms with Crippen LogP contribution in [0, 0.1) is 0 Å². The minimum Gasteiger partial charge on any atom is -0.0909 e. The van der Waals surface area contributed by atoms with Gasteiger partial charge in [0.25, 0.3) is 0.564 Å². The highest BCUT2D eigenvalue weighted by Gasteiger charge is 2.20. The van der Waals surface area contributed by atoms with Crippen LogP contribution in [0.15, 0.2) is 30.3 Å². The summed E-state index contributed by atoms with van der Waals surface area (Å²) in [4.78, 5) is 0. The van der Waals surface area contributed by atoms with Crippen LogP contribution in [0.25, 0.3) is 0 Å². The fourth-order valence-electron chi connectivity index (χ4n) is 0.931. The van der Waals surface area contributed by atoms with Crippen LogP contribution in [0.1, 0.15) is 5.56 Å². The van der Waals surface area contributed by atoms with E-state index in [1.165, 1.54) is 18.0 Å². The monoisotopic (exact) mass is 514 g/mol. The molecule has 1 aromatic carbocycles. The van der Waals surface area contributed by atoms with Gasteiger partial charge in [-0.2, -0.15) is 0 Å². The molecule has 12 heavy (non-hydrogen) atoms. The van der Waals surface area contributed by atoms with Gasteiger partial charge in [-0.3, -0.25) is 0 Å². The molecule has 0 aliphatic heterocycles. The second-order valence-corrected chi connectivity index (χ2v) is 39.5. The van der Waals surface area contributed by atoms with Gasteiger partial charge < -0.3 is 0 Å². The van der Waals surface area contributed by atoms with E-state index in [-0.39, 0.29) is 0 Å². The van der Waals surface area contributed by atoms with Crippen LogP contribution in [0.2, 0.25) is 6.04 Å². The molecule has 0 unspecified atom stereocenters. The van der Waals surface area contributed by atoms with Crippen LogP contribution < -0.4 is 0 Å². The van der Waals surface area contributed by atoms with Gasteiger partial charge in [-0.1, -0.05) is 95.7 Å². The molecule has 0 atom stereocenters. The van der Waals surface area contributed by atoms with E-state index < -0.39 is 0.564 Å². The Kier molecular flexibility index (Phi) is 5.36. The van der Waals surface area contributed by atoms with E-state index in [1.54, 1.807) is 0 Å². The first-order chi connectivity index (χ1) is 5.58. The maximum Gasteiger partial charge on any atom is 0.254 e. The fourth-order valence-corrected chi connectivity index (χ4v) is 3.93. The summed E-state index contributed by atoms with van der Waals surface area (Å²) in [5.41, 5.74) is 1.47. The van der Waals surface area contributed by atoms with Crippen LogP contribution in [-0.2, 0) is 6.42 Å². The Morgan fingerprint density at radius 1 is 1.00 bits per heavy atom. The van der Waals surface area contributed by atoms with E-state index in [4.69, 9.17) is 0 Å². The van der Waals surface area contributed by atoms with Crippen molar-refractivity contribution in [3.8, 4) is 0 Å². The Hall–Kier alpha value is 1.63. The first-order valence-electron chi connectivity index (χ1n) is 3.68. The van der Waals surface area contributed by atoms with Crippen LogP contribution in [0.3, 0.4) is 0 Å². The number of aryl methyl sites for hydroxylation is 1. The topological polar surface area (TPSA) is 0 Å². The zero-order valence-electron chi connectivity index (χ0n) is 6.43. The molecule has 0 fully saturated rings. The van der Waals surface area contributed by atoms with Gasteiger partial charge in [-0.15, -0.1) is 0 Å². The van der Waals surface area contributed by atoms with E-state index in [2.05, 4.69) is 95.7 Å². The zero-order chi connectivity index (χ0) is 9.03. The molecule has 0 spiro atoms. The van der Waals surface area contributed by atoms with Crippen molar-refractivity contribution in [2.45, 2.75) is 12.5 Å². The molecule has 4 heteroatoms. The molecule has 1 rings (SSSR count). The van der Waals surface area contributed by atoms with Gasteiger partial charge in [0.1, 0.15) is 0 Å². The number of hydrogen-bond acceptors (Lipinski definition) is 0. The molecular formula is C8H9I3Si. The quantitative estimate of drug-likeness (QED) is 0.318. The average Bonchev–Trinajstić information content (AvgIpc) is 2.02. The van der Waals surface area contributed by atoms with Crippen molar-refractivity contribution < 1.29 is 0 Å². The number of halogens is 3. The smallest absolute Gasteiger partial charge is 0.0909 e. The molecular weight excluding hydrogens is 505 g/mol. The van der Waals surface area contributed by atoms with Crippen LogP contribution in [-0.4, -0.2) is 0.564 Å². The molecule has 0 heterocycles. The number of benzene rings is 1. The lowest BCUT2D eigenvalue weighted by molar-refractivity contribution is 1.13. The van der Waals surface area contributed by atoms with Gasteiger partial charge in [0, 0.05) is 0 Å². The number of rotatable bonds is 3. The Bertz CT molecular complexity index is 230. The molecule has 0 radical (unpaired) electrons. The third kappa shape index (κ3) is 5.38. The van der Waals surface area contributed by atoms with E-state index in [1.807, 2.05) is 0 Å². The SMILES string of the molecule is I[Si](I)(I)CCc1ccccc1. The molecule has 0 saturated heterocycles. The van der Waals surface area contributed by atoms with E-state index >= 15 is 0 Å². The summed E-state index contributed by atoms with van der Waals surface area (Å²) in [6.45, 7) is 0. The van der Waals surface area contributed by atoms with Gasteiger partial charge in [0.05, 0.1) is 0 Å². The van der Waals surface area contributed by atoms with Crippen molar-refractivity contribution in [3.05, 3.63) is 35.9 Å². The highest BCUT2D eigenvalue weighted by molar-refractivity contribution is 14.4. The predicted molar refractivity (Wildman–Crippen MR) is 82.8 cm³/mol. The summed E-state index contributed by atoms with van der Waals surface area (Å²) in [5.74, 6) is 0. The third-order valence-corrected chi connectivity index (χ3v) is 7.21. The van der Waals surface area contributed by atoms with Crippen molar-refractivity contribution in [1.82, 2.24) is 0 Å². The molecule has 0 bridgehead atoms. The van der Waals surface area contributed by atoms with Gasteiger partial charge in [0.2, 0.25) is 0 Å². The van der Waals surface area contributed by atoms with Crippen molar-refractivity contribution >= 4 is 66.0 Å². The lowest BCUT2D eigenvalue weighted by Crippen LogP contribution is -2.06. The van der Waals surface area contributed by atoms with E-state index in [0.717, 1.165) is 0 Å². The highest BCUT2D eigenvalue weighted by Crippen LogP contribution is 2.34. The van der Waals surface area contributed by atoms with Gasteiger partial charge in [-0.05, 0) is 18.0 Å². The Balaban J connectivity index is 2.44. The molecule has 0 nitrogen and oxygen atoms in total. The largest absolute Gasteiger partial charge is 0.254 e. The zero-order valence-corrected chi connectivity index (χ0v) is 13.9. The Labute approximate surface area is 113 Å². The average molecular weight is 514 g/mol. The van der Waals surface area contributed by atoms with Crippen molar-refractivity contribution in [2.75, 3.05) is 0 Å². The first-order valence-corrected chi connectivity index (χ1v) is 15.2. The molecule has 0 aliphatic rings. The summed E-state index contributed by atoms with van der Waals surface area (Å²) in [6, 6.07) is 12.1. The second kappa shape index (κ2) is 5.49. The summed E-state index contributed by atoms with van der Waals surface area (Å²) >= 11 is 7.85. The van der Waals surface area contributed by atoms with Crippen molar-refractivity contribution in [3.63, 3.8) is 0 Å². The van der Waals surface area contributed by atoms with Gasteiger partial charge in [0.15, 0.2) is 0 Å². The van der Waals surface area contributed by atoms with E-state index in [0.29, 0.717) is 0 Å². The first kappa shape index (κ1) is 11.7. The normalized spacial score (nSPS) is 11.6. The van der Waals surface area contributed by atoms with Gasteiger partial charge in [-0.25, -0.2) is 0 Å². The Morgan fingerprint density at radius 2 is 1.58 bits per heavy atom. The predicted octanol–water partition coefficient (Wildman–Crippen LogP) is 4.47. The lowest BCUT2D eigenvalue weighted by Gasteiger charge is -2.08. The fraction of sp³-hybridized carbons (Fsp3) is 0.250. The molecule has 0 aromatic heterocycles. The standard InChI is InChI=1S/C8H9I3Si/c9-12(10,11)7-6-8-4-2-1-3-5-8/h1-5H,6-7H2. The van der Waals surface area contributed by atoms with Gasteiger partial charge >= 0.3 is 0 Å². The molecule has 0 saturated carbocycles. The summed E-state index contributed by atoms with van der Waals surface area (Å²) < 4.78 is -0.930. The lowest BCUT2D eigenvalue weighted by atomic mass is 10.2. The third-order valence-electron chi connectivity index (χ3n) is 1.54. The summed E-state index contributed by atoms with van der Waals surface area (Å²) in [6.07, 6.45) is 1.24. The highest BCUT2D eigenvalue weighted by atomic mass is 127. The van der Waals surface area contributed by atoms with Crippen molar-refractivity contribution in [2.24, 2.45) is 0 Å².